The second-order valence-corrected chi connectivity index (χ2v) is 5.86. The maximum atomic E-state index is 10.9. The summed E-state index contributed by atoms with van der Waals surface area (Å²) in [4.78, 5) is 14.7. The van der Waals surface area contributed by atoms with Gasteiger partial charge in [0.05, 0.1) is 11.0 Å². The molecule has 1 atom stereocenters. The Morgan fingerprint density at radius 1 is 1.56 bits per heavy atom. The van der Waals surface area contributed by atoms with Crippen molar-refractivity contribution in [3.8, 4) is 0 Å². The lowest BCUT2D eigenvalue weighted by Gasteiger charge is -2.18. The third kappa shape index (κ3) is 2.78. The van der Waals surface area contributed by atoms with Crippen LogP contribution >= 0.6 is 0 Å². The lowest BCUT2D eigenvalue weighted by atomic mass is 9.92. The Hall–Kier alpha value is -1.65. The van der Waals surface area contributed by atoms with Gasteiger partial charge in [0.15, 0.2) is 0 Å². The molecule has 0 aromatic carbocycles. The fourth-order valence-electron chi connectivity index (χ4n) is 2.56. The van der Waals surface area contributed by atoms with Crippen LogP contribution in [0.15, 0.2) is 12.3 Å². The van der Waals surface area contributed by atoms with Gasteiger partial charge in [0, 0.05) is 17.8 Å². The van der Waals surface area contributed by atoms with Crippen molar-refractivity contribution < 1.29 is 4.92 Å². The average molecular weight is 249 g/mol. The molecular formula is C13H19N3O2. The number of rotatable bonds is 3. The van der Waals surface area contributed by atoms with Gasteiger partial charge in [0.2, 0.25) is 0 Å². The Balaban J connectivity index is 2.11. The molecule has 1 aromatic heterocycles. The molecule has 5 heteroatoms. The number of nitrogens with zero attached hydrogens (tertiary/aromatic N) is 2. The van der Waals surface area contributed by atoms with Gasteiger partial charge in [-0.05, 0) is 31.6 Å². The molecule has 0 bridgehead atoms. The molecule has 0 aliphatic heterocycles. The Labute approximate surface area is 107 Å². The third-order valence-electron chi connectivity index (χ3n) is 3.59. The van der Waals surface area contributed by atoms with Gasteiger partial charge in [-0.3, -0.25) is 10.1 Å². The molecule has 1 saturated carbocycles. The molecule has 18 heavy (non-hydrogen) atoms. The molecular weight excluding hydrogens is 230 g/mol. The average Bonchev–Trinajstić information content (AvgIpc) is 2.60. The number of aryl methyl sites for hydroxylation is 1. The number of hydrogen-bond donors (Lipinski definition) is 1. The smallest absolute Gasteiger partial charge is 0.277 e. The van der Waals surface area contributed by atoms with Gasteiger partial charge < -0.3 is 5.32 Å². The summed E-state index contributed by atoms with van der Waals surface area (Å²) in [6, 6.07) is 1.90. The van der Waals surface area contributed by atoms with E-state index in [4.69, 9.17) is 0 Å². The van der Waals surface area contributed by atoms with Gasteiger partial charge in [-0.25, -0.2) is 4.98 Å². The van der Waals surface area contributed by atoms with Gasteiger partial charge in [0.25, 0.3) is 5.69 Å². The van der Waals surface area contributed by atoms with E-state index < -0.39 is 0 Å². The Bertz CT molecular complexity index is 471. The molecule has 0 saturated heterocycles. The monoisotopic (exact) mass is 249 g/mol. The highest BCUT2D eigenvalue weighted by Crippen LogP contribution is 2.38. The van der Waals surface area contributed by atoms with Gasteiger partial charge in [-0.1, -0.05) is 13.8 Å². The van der Waals surface area contributed by atoms with Crippen molar-refractivity contribution >= 4 is 11.5 Å². The number of anilines is 1. The van der Waals surface area contributed by atoms with Crippen LogP contribution in [0, 0.1) is 22.5 Å². The van der Waals surface area contributed by atoms with E-state index in [0.29, 0.717) is 22.8 Å². The van der Waals surface area contributed by atoms with E-state index in [1.165, 1.54) is 12.5 Å². The second-order valence-electron chi connectivity index (χ2n) is 5.86. The van der Waals surface area contributed by atoms with Crippen LogP contribution in [0.5, 0.6) is 0 Å². The second kappa shape index (κ2) is 4.55. The van der Waals surface area contributed by atoms with Crippen molar-refractivity contribution in [2.75, 3.05) is 5.32 Å². The topological polar surface area (TPSA) is 68.1 Å². The summed E-state index contributed by atoms with van der Waals surface area (Å²) in [7, 11) is 0. The van der Waals surface area contributed by atoms with Gasteiger partial charge in [-0.15, -0.1) is 0 Å². The first-order valence-electron chi connectivity index (χ1n) is 6.25. The fourth-order valence-corrected chi connectivity index (χ4v) is 2.56. The molecule has 98 valence electrons. The maximum Gasteiger partial charge on any atom is 0.277 e. The molecule has 1 aromatic rings. The molecule has 1 heterocycles. The molecule has 0 amide bonds. The molecule has 0 radical (unpaired) electrons. The van der Waals surface area contributed by atoms with E-state index in [9.17, 15) is 10.1 Å². The van der Waals surface area contributed by atoms with Crippen LogP contribution in [-0.4, -0.2) is 15.9 Å². The number of nitro groups is 1. The molecule has 0 spiro atoms. The normalized spacial score (nSPS) is 21.8. The minimum absolute atomic E-state index is 0.129. The van der Waals surface area contributed by atoms with E-state index in [1.807, 2.05) is 0 Å². The van der Waals surface area contributed by atoms with Crippen molar-refractivity contribution in [3.63, 3.8) is 0 Å². The van der Waals surface area contributed by atoms with E-state index in [1.54, 1.807) is 13.1 Å². The molecule has 1 fully saturated rings. The number of pyridine rings is 1. The predicted molar refractivity (Wildman–Crippen MR) is 70.7 cm³/mol. The van der Waals surface area contributed by atoms with Crippen LogP contribution in [0.4, 0.5) is 11.5 Å². The molecule has 1 N–H and O–H groups in total. The van der Waals surface area contributed by atoms with Crippen molar-refractivity contribution in [2.24, 2.45) is 5.41 Å². The highest BCUT2D eigenvalue weighted by molar-refractivity contribution is 5.49. The van der Waals surface area contributed by atoms with E-state index in [-0.39, 0.29) is 10.6 Å². The number of hydrogen-bond acceptors (Lipinski definition) is 4. The summed E-state index contributed by atoms with van der Waals surface area (Å²) < 4.78 is 0. The van der Waals surface area contributed by atoms with Crippen molar-refractivity contribution in [2.45, 2.75) is 46.1 Å². The highest BCUT2D eigenvalue weighted by Gasteiger charge is 2.31. The summed E-state index contributed by atoms with van der Waals surface area (Å²) in [5.41, 5.74) is 1.08. The quantitative estimate of drug-likeness (QED) is 0.659. The van der Waals surface area contributed by atoms with Gasteiger partial charge in [-0.2, -0.15) is 0 Å². The molecule has 5 nitrogen and oxygen atoms in total. The highest BCUT2D eigenvalue weighted by atomic mass is 16.6. The van der Waals surface area contributed by atoms with Crippen LogP contribution in [0.1, 0.15) is 38.7 Å². The first-order valence-corrected chi connectivity index (χ1v) is 6.25. The maximum absolute atomic E-state index is 10.9. The number of aromatic nitrogens is 1. The van der Waals surface area contributed by atoms with Crippen LogP contribution < -0.4 is 5.32 Å². The van der Waals surface area contributed by atoms with Crippen LogP contribution in [0.25, 0.3) is 0 Å². The largest absolute Gasteiger partial charge is 0.367 e. The Morgan fingerprint density at radius 2 is 2.28 bits per heavy atom. The summed E-state index contributed by atoms with van der Waals surface area (Å²) in [5.74, 6) is 0.606. The molecule has 2 rings (SSSR count). The molecule has 1 aliphatic rings. The minimum Gasteiger partial charge on any atom is -0.367 e. The Morgan fingerprint density at radius 3 is 2.83 bits per heavy atom. The first-order chi connectivity index (χ1) is 8.37. The zero-order valence-electron chi connectivity index (χ0n) is 11.1. The van der Waals surface area contributed by atoms with E-state index in [0.717, 1.165) is 12.8 Å². The SMILES string of the molecule is Cc1cnc(NC2CCC(C)(C)C2)cc1[N+](=O)[O-]. The van der Waals surface area contributed by atoms with E-state index in [2.05, 4.69) is 24.1 Å². The zero-order valence-corrected chi connectivity index (χ0v) is 11.1. The first kappa shape index (κ1) is 12.8. The summed E-state index contributed by atoms with van der Waals surface area (Å²) in [6.45, 7) is 6.20. The van der Waals surface area contributed by atoms with Crippen LogP contribution in [0.2, 0.25) is 0 Å². The van der Waals surface area contributed by atoms with Gasteiger partial charge >= 0.3 is 0 Å². The van der Waals surface area contributed by atoms with Crippen LogP contribution in [0.3, 0.4) is 0 Å². The third-order valence-corrected chi connectivity index (χ3v) is 3.59. The standard InChI is InChI=1S/C13H19N3O2/c1-9-8-14-12(6-11(9)16(17)18)15-10-4-5-13(2,3)7-10/h6,8,10H,4-5,7H2,1-3H3,(H,14,15). The van der Waals surface area contributed by atoms with E-state index >= 15 is 0 Å². The lowest BCUT2D eigenvalue weighted by Crippen LogP contribution is -2.18. The molecule has 1 aliphatic carbocycles. The van der Waals surface area contributed by atoms with Crippen molar-refractivity contribution in [1.29, 1.82) is 0 Å². The summed E-state index contributed by atoms with van der Waals surface area (Å²) in [5, 5.41) is 14.2. The lowest BCUT2D eigenvalue weighted by molar-refractivity contribution is -0.385. The van der Waals surface area contributed by atoms with Gasteiger partial charge in [0.1, 0.15) is 5.82 Å². The minimum atomic E-state index is -0.360. The van der Waals surface area contributed by atoms with Crippen molar-refractivity contribution in [3.05, 3.63) is 27.9 Å². The summed E-state index contributed by atoms with van der Waals surface area (Å²) in [6.07, 6.45) is 4.91. The summed E-state index contributed by atoms with van der Waals surface area (Å²) >= 11 is 0. The number of nitrogens with one attached hydrogen (secondary N) is 1. The van der Waals surface area contributed by atoms with Crippen LogP contribution in [-0.2, 0) is 0 Å². The fraction of sp³-hybridized carbons (Fsp3) is 0.615. The zero-order chi connectivity index (χ0) is 13.3. The Kier molecular flexibility index (Phi) is 3.24. The molecule has 1 unspecified atom stereocenters. The van der Waals surface area contributed by atoms with Crippen molar-refractivity contribution in [1.82, 2.24) is 4.98 Å². The predicted octanol–water partition coefficient (Wildman–Crippen LogP) is 3.29.